The van der Waals surface area contributed by atoms with Crippen LogP contribution in [0, 0.1) is 19.8 Å². The highest BCUT2D eigenvalue weighted by molar-refractivity contribution is 5.80. The first kappa shape index (κ1) is 21.7. The van der Waals surface area contributed by atoms with Crippen LogP contribution in [0.3, 0.4) is 0 Å². The molecule has 0 bridgehead atoms. The number of nitrogens with zero attached hydrogens (tertiary/aromatic N) is 4. The second-order valence-electron chi connectivity index (χ2n) is 8.13. The van der Waals surface area contributed by atoms with Crippen LogP contribution in [-0.4, -0.2) is 81.3 Å². The standard InChI is InChI=1S/C21H32F3N5/c1-16-5-4-6-19(17(16)2)28-9-11-29(12-10-28)20(25-3)26-13-18-7-8-27(14-18)15-21(22,23)24/h4-6,18H,7-15H2,1-3H3,(H,25,26). The Balaban J connectivity index is 1.47. The van der Waals surface area contributed by atoms with E-state index >= 15 is 0 Å². The van der Waals surface area contributed by atoms with Crippen LogP contribution in [-0.2, 0) is 0 Å². The van der Waals surface area contributed by atoms with Crippen molar-refractivity contribution in [3.63, 3.8) is 0 Å². The molecule has 0 amide bonds. The number of hydrogen-bond acceptors (Lipinski definition) is 3. The summed E-state index contributed by atoms with van der Waals surface area (Å²) in [6, 6.07) is 6.42. The van der Waals surface area contributed by atoms with Crippen molar-refractivity contribution in [3.05, 3.63) is 29.3 Å². The van der Waals surface area contributed by atoms with Crippen LogP contribution in [0.2, 0.25) is 0 Å². The Labute approximate surface area is 171 Å². The maximum atomic E-state index is 12.6. The first-order valence-electron chi connectivity index (χ1n) is 10.3. The lowest BCUT2D eigenvalue weighted by atomic mass is 10.1. The van der Waals surface area contributed by atoms with Gasteiger partial charge in [0.05, 0.1) is 6.54 Å². The minimum absolute atomic E-state index is 0.227. The zero-order chi connectivity index (χ0) is 21.0. The van der Waals surface area contributed by atoms with Crippen LogP contribution in [0.25, 0.3) is 0 Å². The Kier molecular flexibility index (Phi) is 6.93. The molecule has 8 heteroatoms. The van der Waals surface area contributed by atoms with Crippen LogP contribution in [0.4, 0.5) is 18.9 Å². The molecule has 0 spiro atoms. The number of benzene rings is 1. The largest absolute Gasteiger partial charge is 0.401 e. The molecule has 3 rings (SSSR count). The maximum absolute atomic E-state index is 12.6. The average Bonchev–Trinajstić information content (AvgIpc) is 3.10. The summed E-state index contributed by atoms with van der Waals surface area (Å²) < 4.78 is 37.7. The Morgan fingerprint density at radius 3 is 2.52 bits per heavy atom. The van der Waals surface area contributed by atoms with E-state index in [0.29, 0.717) is 19.6 Å². The quantitative estimate of drug-likeness (QED) is 0.610. The molecule has 1 aromatic rings. The van der Waals surface area contributed by atoms with Gasteiger partial charge >= 0.3 is 6.18 Å². The molecule has 1 unspecified atom stereocenters. The minimum Gasteiger partial charge on any atom is -0.368 e. The fraction of sp³-hybridized carbons (Fsp3) is 0.667. The summed E-state index contributed by atoms with van der Waals surface area (Å²) in [5.41, 5.74) is 3.93. The molecule has 1 aromatic carbocycles. The molecule has 2 aliphatic heterocycles. The first-order valence-corrected chi connectivity index (χ1v) is 10.3. The van der Waals surface area contributed by atoms with E-state index in [1.807, 2.05) is 0 Å². The van der Waals surface area contributed by atoms with Gasteiger partial charge in [0.15, 0.2) is 5.96 Å². The van der Waals surface area contributed by atoms with Gasteiger partial charge in [0, 0.05) is 52.0 Å². The third-order valence-electron chi connectivity index (χ3n) is 6.03. The Hall–Kier alpha value is -1.96. The topological polar surface area (TPSA) is 34.1 Å². The second kappa shape index (κ2) is 9.24. The lowest BCUT2D eigenvalue weighted by Gasteiger charge is -2.38. The summed E-state index contributed by atoms with van der Waals surface area (Å²) in [5, 5.41) is 3.39. The molecule has 162 valence electrons. The summed E-state index contributed by atoms with van der Waals surface area (Å²) in [4.78, 5) is 10.6. The molecule has 29 heavy (non-hydrogen) atoms. The number of alkyl halides is 3. The molecular formula is C21H32F3N5. The number of piperazine rings is 1. The van der Waals surface area contributed by atoms with E-state index in [2.05, 4.69) is 52.2 Å². The van der Waals surface area contributed by atoms with Gasteiger partial charge in [0.1, 0.15) is 0 Å². The molecule has 0 aliphatic carbocycles. The highest BCUT2D eigenvalue weighted by Crippen LogP contribution is 2.24. The monoisotopic (exact) mass is 411 g/mol. The highest BCUT2D eigenvalue weighted by atomic mass is 19.4. The molecule has 0 radical (unpaired) electrons. The van der Waals surface area contributed by atoms with Gasteiger partial charge in [0.2, 0.25) is 0 Å². The normalized spacial score (nSPS) is 21.7. The van der Waals surface area contributed by atoms with Crippen LogP contribution >= 0.6 is 0 Å². The van der Waals surface area contributed by atoms with Gasteiger partial charge in [0.25, 0.3) is 0 Å². The predicted octanol–water partition coefficient (Wildman–Crippen LogP) is 2.89. The van der Waals surface area contributed by atoms with Crippen molar-refractivity contribution in [3.8, 4) is 0 Å². The maximum Gasteiger partial charge on any atom is 0.401 e. The van der Waals surface area contributed by atoms with Gasteiger partial charge in [-0.25, -0.2) is 0 Å². The van der Waals surface area contributed by atoms with E-state index in [0.717, 1.165) is 38.6 Å². The van der Waals surface area contributed by atoms with Crippen molar-refractivity contribution in [2.75, 3.05) is 64.3 Å². The molecule has 5 nitrogen and oxygen atoms in total. The van der Waals surface area contributed by atoms with Crippen LogP contribution in [0.1, 0.15) is 17.5 Å². The molecule has 0 aromatic heterocycles. The van der Waals surface area contributed by atoms with E-state index < -0.39 is 12.7 Å². The molecule has 2 saturated heterocycles. The van der Waals surface area contributed by atoms with E-state index in [1.165, 1.54) is 21.7 Å². The van der Waals surface area contributed by atoms with Gasteiger partial charge in [-0.15, -0.1) is 0 Å². The molecule has 1 N–H and O–H groups in total. The third-order valence-corrected chi connectivity index (χ3v) is 6.03. The van der Waals surface area contributed by atoms with E-state index in [-0.39, 0.29) is 5.92 Å². The van der Waals surface area contributed by atoms with Crippen molar-refractivity contribution in [2.24, 2.45) is 10.9 Å². The van der Waals surface area contributed by atoms with Gasteiger partial charge in [-0.2, -0.15) is 13.2 Å². The van der Waals surface area contributed by atoms with Crippen molar-refractivity contribution < 1.29 is 13.2 Å². The third kappa shape index (κ3) is 5.78. The zero-order valence-electron chi connectivity index (χ0n) is 17.6. The number of aliphatic imine (C=N–C) groups is 1. The van der Waals surface area contributed by atoms with Gasteiger partial charge in [-0.3, -0.25) is 9.89 Å². The minimum atomic E-state index is -4.12. The molecule has 2 aliphatic rings. The van der Waals surface area contributed by atoms with Crippen LogP contribution < -0.4 is 10.2 Å². The fourth-order valence-electron chi connectivity index (χ4n) is 4.28. The number of halogens is 3. The van der Waals surface area contributed by atoms with Crippen molar-refractivity contribution in [2.45, 2.75) is 26.4 Å². The number of likely N-dealkylation sites (tertiary alicyclic amines) is 1. The smallest absolute Gasteiger partial charge is 0.368 e. The summed E-state index contributed by atoms with van der Waals surface area (Å²) in [6.07, 6.45) is -3.33. The van der Waals surface area contributed by atoms with Crippen molar-refractivity contribution in [1.82, 2.24) is 15.1 Å². The highest BCUT2D eigenvalue weighted by Gasteiger charge is 2.34. The first-order chi connectivity index (χ1) is 13.8. The number of nitrogens with one attached hydrogen (secondary N) is 1. The van der Waals surface area contributed by atoms with E-state index in [1.54, 1.807) is 7.05 Å². The SMILES string of the molecule is CN=C(NCC1CCN(CC(F)(F)F)C1)N1CCN(c2cccc(C)c2C)CC1. The summed E-state index contributed by atoms with van der Waals surface area (Å²) in [7, 11) is 1.77. The number of anilines is 1. The Bertz CT molecular complexity index is 711. The number of rotatable bonds is 4. The summed E-state index contributed by atoms with van der Waals surface area (Å²) >= 11 is 0. The fourth-order valence-corrected chi connectivity index (χ4v) is 4.28. The van der Waals surface area contributed by atoms with Gasteiger partial charge < -0.3 is 15.1 Å². The van der Waals surface area contributed by atoms with Crippen LogP contribution in [0.15, 0.2) is 23.2 Å². The Morgan fingerprint density at radius 1 is 1.14 bits per heavy atom. The average molecular weight is 412 g/mol. The molecule has 2 heterocycles. The van der Waals surface area contributed by atoms with Crippen LogP contribution in [0.5, 0.6) is 0 Å². The molecular weight excluding hydrogens is 379 g/mol. The van der Waals surface area contributed by atoms with E-state index in [4.69, 9.17) is 0 Å². The lowest BCUT2D eigenvalue weighted by molar-refractivity contribution is -0.143. The number of aryl methyl sites for hydroxylation is 1. The summed E-state index contributed by atoms with van der Waals surface area (Å²) in [5.74, 6) is 1.07. The van der Waals surface area contributed by atoms with Gasteiger partial charge in [-0.05, 0) is 49.9 Å². The molecule has 0 saturated carbocycles. The van der Waals surface area contributed by atoms with Gasteiger partial charge in [-0.1, -0.05) is 12.1 Å². The lowest BCUT2D eigenvalue weighted by Crippen LogP contribution is -2.53. The molecule has 1 atom stereocenters. The summed E-state index contributed by atoms with van der Waals surface area (Å²) in [6.45, 7) is 8.76. The Morgan fingerprint density at radius 2 is 1.86 bits per heavy atom. The number of guanidine groups is 1. The second-order valence-corrected chi connectivity index (χ2v) is 8.13. The molecule has 2 fully saturated rings. The van der Waals surface area contributed by atoms with Crippen molar-refractivity contribution >= 4 is 11.6 Å². The van der Waals surface area contributed by atoms with E-state index in [9.17, 15) is 13.2 Å². The zero-order valence-corrected chi connectivity index (χ0v) is 17.6. The van der Waals surface area contributed by atoms with Crippen molar-refractivity contribution in [1.29, 1.82) is 0 Å². The predicted molar refractivity (Wildman–Crippen MR) is 112 cm³/mol. The number of hydrogen-bond donors (Lipinski definition) is 1.